The number of amides is 2. The van der Waals surface area contributed by atoms with E-state index in [0.717, 1.165) is 17.2 Å². The van der Waals surface area contributed by atoms with E-state index in [9.17, 15) is 9.59 Å². The van der Waals surface area contributed by atoms with Gasteiger partial charge in [0.1, 0.15) is 0 Å². The van der Waals surface area contributed by atoms with Gasteiger partial charge >= 0.3 is 0 Å². The number of aryl methyl sites for hydroxylation is 1. The van der Waals surface area contributed by atoms with Crippen LogP contribution in [-0.2, 0) is 0 Å². The summed E-state index contributed by atoms with van der Waals surface area (Å²) in [6, 6.07) is 9.35. The lowest BCUT2D eigenvalue weighted by atomic mass is 10.3. The van der Waals surface area contributed by atoms with Gasteiger partial charge in [-0.25, -0.2) is 10.0 Å². The van der Waals surface area contributed by atoms with Crippen LogP contribution < -0.4 is 0 Å². The number of nitrogens with zero attached hydrogens (tertiary/aromatic N) is 7. The van der Waals surface area contributed by atoms with E-state index in [1.54, 1.807) is 12.3 Å². The zero-order valence-corrected chi connectivity index (χ0v) is 14.8. The number of para-hydroxylation sites is 1. The Kier molecular flexibility index (Phi) is 4.17. The minimum Gasteiger partial charge on any atom is -0.265 e. The van der Waals surface area contributed by atoms with Crippen LogP contribution in [0.1, 0.15) is 33.1 Å². The molecule has 3 aromatic rings. The maximum atomic E-state index is 13.0. The minimum atomic E-state index is -0.348. The molecule has 0 radical (unpaired) electrons. The second-order valence-electron chi connectivity index (χ2n) is 5.76. The smallest absolute Gasteiger partial charge is 0.265 e. The van der Waals surface area contributed by atoms with Crippen molar-refractivity contribution in [3.05, 3.63) is 52.8 Å². The zero-order chi connectivity index (χ0) is 18.1. The Morgan fingerprint density at radius 2 is 1.77 bits per heavy atom. The molecule has 0 unspecified atom stereocenters. The Morgan fingerprint density at radius 1 is 1.04 bits per heavy atom. The highest BCUT2D eigenvalue weighted by Crippen LogP contribution is 2.19. The maximum Gasteiger partial charge on any atom is 0.294 e. The molecule has 10 heteroatoms. The first-order valence-electron chi connectivity index (χ1n) is 8.05. The summed E-state index contributed by atoms with van der Waals surface area (Å²) in [5, 5.41) is 16.8. The number of aromatic nitrogens is 5. The summed E-state index contributed by atoms with van der Waals surface area (Å²) in [5.41, 5.74) is 1.73. The van der Waals surface area contributed by atoms with Crippen LogP contribution in [-0.4, -0.2) is 59.5 Å². The molecule has 0 aliphatic carbocycles. The van der Waals surface area contributed by atoms with Crippen molar-refractivity contribution >= 4 is 23.3 Å². The van der Waals surface area contributed by atoms with Gasteiger partial charge in [0.05, 0.1) is 11.4 Å². The Balaban J connectivity index is 1.61. The molecule has 132 valence electrons. The fourth-order valence-corrected chi connectivity index (χ4v) is 3.23. The van der Waals surface area contributed by atoms with E-state index < -0.39 is 0 Å². The molecule has 0 bridgehead atoms. The highest BCUT2D eigenvalue weighted by Gasteiger charge is 2.35. The number of hydrazine groups is 1. The maximum absolute atomic E-state index is 13.0. The lowest BCUT2D eigenvalue weighted by Gasteiger charge is -2.26. The first-order valence-corrected chi connectivity index (χ1v) is 8.89. The van der Waals surface area contributed by atoms with Crippen molar-refractivity contribution in [1.82, 2.24) is 34.6 Å². The van der Waals surface area contributed by atoms with Crippen molar-refractivity contribution in [3.63, 3.8) is 0 Å². The number of rotatable bonds is 3. The first kappa shape index (κ1) is 16.3. The molecule has 2 amide bonds. The SMILES string of the molecule is Cc1nn(-c2ccccc2)nc1C(=O)N1CCCN1C(=O)c1csnn1. The topological polar surface area (TPSA) is 97.1 Å². The van der Waals surface area contributed by atoms with Crippen LogP contribution >= 0.6 is 11.5 Å². The molecule has 1 aliphatic heterocycles. The largest absolute Gasteiger partial charge is 0.294 e. The van der Waals surface area contributed by atoms with Crippen molar-refractivity contribution in [2.75, 3.05) is 13.1 Å². The summed E-state index contributed by atoms with van der Waals surface area (Å²) in [6.45, 7) is 2.63. The number of hydrogen-bond donors (Lipinski definition) is 0. The first-order chi connectivity index (χ1) is 12.6. The van der Waals surface area contributed by atoms with E-state index in [-0.39, 0.29) is 23.2 Å². The van der Waals surface area contributed by atoms with E-state index in [4.69, 9.17) is 0 Å². The summed E-state index contributed by atoms with van der Waals surface area (Å²) in [6.07, 6.45) is 0.695. The van der Waals surface area contributed by atoms with Crippen molar-refractivity contribution in [2.24, 2.45) is 0 Å². The standard InChI is InChI=1S/C16H15N7O2S/c1-11-14(19-23(18-11)12-6-3-2-4-7-12)16(25)22-9-5-8-21(22)15(24)13-10-26-20-17-13/h2-4,6-7,10H,5,8-9H2,1H3. The number of carbonyl (C=O) groups is 2. The van der Waals surface area contributed by atoms with Gasteiger partial charge in [-0.2, -0.15) is 9.90 Å². The van der Waals surface area contributed by atoms with Crippen molar-refractivity contribution < 1.29 is 9.59 Å². The van der Waals surface area contributed by atoms with Crippen LogP contribution in [0.4, 0.5) is 0 Å². The number of benzene rings is 1. The predicted octanol–water partition coefficient (Wildman–Crippen LogP) is 1.33. The fraction of sp³-hybridized carbons (Fsp3) is 0.250. The van der Waals surface area contributed by atoms with Gasteiger partial charge in [-0.3, -0.25) is 9.59 Å². The van der Waals surface area contributed by atoms with Gasteiger partial charge in [0.2, 0.25) is 0 Å². The number of carbonyl (C=O) groups excluding carboxylic acids is 2. The van der Waals surface area contributed by atoms with Crippen LogP contribution in [0.3, 0.4) is 0 Å². The second-order valence-corrected chi connectivity index (χ2v) is 6.37. The Bertz CT molecular complexity index is 939. The monoisotopic (exact) mass is 369 g/mol. The molecule has 0 N–H and O–H groups in total. The van der Waals surface area contributed by atoms with Gasteiger partial charge in [-0.1, -0.05) is 22.7 Å². The van der Waals surface area contributed by atoms with Crippen molar-refractivity contribution in [2.45, 2.75) is 13.3 Å². The Hall–Kier alpha value is -3.14. The fourth-order valence-electron chi connectivity index (χ4n) is 2.80. The summed E-state index contributed by atoms with van der Waals surface area (Å²) in [4.78, 5) is 27.0. The second kappa shape index (κ2) is 6.64. The third-order valence-corrected chi connectivity index (χ3v) is 4.56. The Morgan fingerprint density at radius 3 is 2.46 bits per heavy atom. The van der Waals surface area contributed by atoms with E-state index in [1.807, 2.05) is 30.3 Å². The van der Waals surface area contributed by atoms with Gasteiger partial charge in [0.25, 0.3) is 11.8 Å². The van der Waals surface area contributed by atoms with Gasteiger partial charge < -0.3 is 0 Å². The lowest BCUT2D eigenvalue weighted by Crippen LogP contribution is -2.45. The Labute approximate surface area is 153 Å². The molecule has 0 atom stereocenters. The minimum absolute atomic E-state index is 0.227. The summed E-state index contributed by atoms with van der Waals surface area (Å²) in [5.74, 6) is -0.684. The van der Waals surface area contributed by atoms with Crippen molar-refractivity contribution in [3.8, 4) is 5.69 Å². The van der Waals surface area contributed by atoms with E-state index in [1.165, 1.54) is 14.8 Å². The third kappa shape index (κ3) is 2.84. The predicted molar refractivity (Wildman–Crippen MR) is 92.7 cm³/mol. The molecule has 1 fully saturated rings. The lowest BCUT2D eigenvalue weighted by molar-refractivity contribution is 0.0178. The molecule has 1 saturated heterocycles. The molecule has 0 saturated carbocycles. The molecule has 9 nitrogen and oxygen atoms in total. The van der Waals surface area contributed by atoms with Crippen LogP contribution in [0.2, 0.25) is 0 Å². The van der Waals surface area contributed by atoms with Gasteiger partial charge in [0, 0.05) is 18.5 Å². The molecule has 1 aliphatic rings. The summed E-state index contributed by atoms with van der Waals surface area (Å²) in [7, 11) is 0. The summed E-state index contributed by atoms with van der Waals surface area (Å²) < 4.78 is 3.71. The molecular weight excluding hydrogens is 354 g/mol. The normalized spacial score (nSPS) is 14.0. The van der Waals surface area contributed by atoms with Gasteiger partial charge in [-0.05, 0) is 37.0 Å². The van der Waals surface area contributed by atoms with Crippen LogP contribution in [0, 0.1) is 6.92 Å². The molecule has 0 spiro atoms. The average Bonchev–Trinajstić information content (AvgIpc) is 3.41. The van der Waals surface area contributed by atoms with E-state index in [2.05, 4.69) is 19.8 Å². The van der Waals surface area contributed by atoms with E-state index in [0.29, 0.717) is 25.2 Å². The van der Waals surface area contributed by atoms with Gasteiger partial charge in [0.15, 0.2) is 11.4 Å². The van der Waals surface area contributed by atoms with Crippen LogP contribution in [0.25, 0.3) is 5.69 Å². The van der Waals surface area contributed by atoms with Crippen LogP contribution in [0.15, 0.2) is 35.7 Å². The average molecular weight is 369 g/mol. The highest BCUT2D eigenvalue weighted by molar-refractivity contribution is 7.03. The molecule has 1 aromatic carbocycles. The highest BCUT2D eigenvalue weighted by atomic mass is 32.1. The zero-order valence-electron chi connectivity index (χ0n) is 13.9. The molecule has 3 heterocycles. The van der Waals surface area contributed by atoms with Gasteiger partial charge in [-0.15, -0.1) is 10.2 Å². The summed E-state index contributed by atoms with van der Waals surface area (Å²) >= 11 is 1.10. The molecule has 26 heavy (non-hydrogen) atoms. The number of hydrogen-bond acceptors (Lipinski definition) is 7. The third-order valence-electron chi connectivity index (χ3n) is 4.05. The molecule has 2 aromatic heterocycles. The van der Waals surface area contributed by atoms with Crippen LogP contribution in [0.5, 0.6) is 0 Å². The molecule has 4 rings (SSSR count). The quantitative estimate of drug-likeness (QED) is 0.691. The molecular formula is C16H15N7O2S. The van der Waals surface area contributed by atoms with E-state index >= 15 is 0 Å². The van der Waals surface area contributed by atoms with Crippen molar-refractivity contribution in [1.29, 1.82) is 0 Å².